The van der Waals surface area contributed by atoms with E-state index in [0.29, 0.717) is 19.5 Å². The Morgan fingerprint density at radius 1 is 1.24 bits per heavy atom. The highest BCUT2D eigenvalue weighted by Crippen LogP contribution is 2.28. The van der Waals surface area contributed by atoms with E-state index in [1.54, 1.807) is 4.90 Å². The minimum Gasteiger partial charge on any atom is -0.346 e. The lowest BCUT2D eigenvalue weighted by Crippen LogP contribution is -2.52. The summed E-state index contributed by atoms with van der Waals surface area (Å²) in [5, 5.41) is 3.40. The molecule has 1 N–H and O–H groups in total. The average molecular weight is 366 g/mol. The Bertz CT molecular complexity index is 605. The third-order valence-corrected chi connectivity index (χ3v) is 5.31. The highest BCUT2D eigenvalue weighted by molar-refractivity contribution is 5.87. The van der Waals surface area contributed by atoms with Crippen LogP contribution in [0.1, 0.15) is 36.9 Å². The number of benzene rings is 1. The SMILES string of the molecule is CCc1ccc(C2CNCCN2C(=O)C2CCN(C)C(=O)C2)cc1.Cl. The fourth-order valence-electron chi connectivity index (χ4n) is 3.63. The van der Waals surface area contributed by atoms with Crippen molar-refractivity contribution >= 4 is 24.2 Å². The van der Waals surface area contributed by atoms with Crippen LogP contribution in [0, 0.1) is 5.92 Å². The third kappa shape index (κ3) is 4.33. The Morgan fingerprint density at radius 2 is 1.96 bits per heavy atom. The van der Waals surface area contributed by atoms with Crippen molar-refractivity contribution < 1.29 is 9.59 Å². The number of piperazine rings is 1. The molecule has 0 saturated carbocycles. The van der Waals surface area contributed by atoms with Crippen LogP contribution in [0.25, 0.3) is 0 Å². The summed E-state index contributed by atoms with van der Waals surface area (Å²) in [6.07, 6.45) is 2.14. The van der Waals surface area contributed by atoms with Crippen LogP contribution >= 0.6 is 12.4 Å². The van der Waals surface area contributed by atoms with E-state index in [9.17, 15) is 9.59 Å². The molecule has 3 rings (SSSR count). The van der Waals surface area contributed by atoms with E-state index in [1.165, 1.54) is 11.1 Å². The van der Waals surface area contributed by atoms with Gasteiger partial charge in [0, 0.05) is 45.6 Å². The highest BCUT2D eigenvalue weighted by Gasteiger charge is 2.35. The molecule has 2 unspecified atom stereocenters. The quantitative estimate of drug-likeness (QED) is 0.891. The first-order valence-corrected chi connectivity index (χ1v) is 8.94. The Morgan fingerprint density at radius 3 is 2.60 bits per heavy atom. The molecule has 2 saturated heterocycles. The standard InChI is InChI=1S/C19H27N3O2.ClH/c1-3-14-4-6-15(7-5-14)17-13-20-9-11-22(17)19(24)16-8-10-21(2)18(23)12-16;/h4-7,16-17,20H,3,8-13H2,1-2H3;1H. The van der Waals surface area contributed by atoms with Crippen molar-refractivity contribution in [1.82, 2.24) is 15.1 Å². The van der Waals surface area contributed by atoms with Gasteiger partial charge in [0.15, 0.2) is 0 Å². The summed E-state index contributed by atoms with van der Waals surface area (Å²) in [4.78, 5) is 28.7. The van der Waals surface area contributed by atoms with Crippen LogP contribution in [-0.2, 0) is 16.0 Å². The fourth-order valence-corrected chi connectivity index (χ4v) is 3.63. The number of carbonyl (C=O) groups is 2. The van der Waals surface area contributed by atoms with Crippen molar-refractivity contribution in [1.29, 1.82) is 0 Å². The second kappa shape index (κ2) is 8.68. The fraction of sp³-hybridized carbons (Fsp3) is 0.579. The van der Waals surface area contributed by atoms with Crippen LogP contribution in [0.2, 0.25) is 0 Å². The van der Waals surface area contributed by atoms with Gasteiger partial charge in [0.25, 0.3) is 0 Å². The molecule has 2 atom stereocenters. The van der Waals surface area contributed by atoms with Crippen molar-refractivity contribution in [3.63, 3.8) is 0 Å². The number of hydrogen-bond donors (Lipinski definition) is 1. The summed E-state index contributed by atoms with van der Waals surface area (Å²) >= 11 is 0. The summed E-state index contributed by atoms with van der Waals surface area (Å²) in [6, 6.07) is 8.62. The predicted octanol–water partition coefficient (Wildman–Crippen LogP) is 2.01. The van der Waals surface area contributed by atoms with Crippen LogP contribution in [0.15, 0.2) is 24.3 Å². The zero-order valence-electron chi connectivity index (χ0n) is 15.0. The van der Waals surface area contributed by atoms with Crippen LogP contribution in [0.4, 0.5) is 0 Å². The number of halogens is 1. The summed E-state index contributed by atoms with van der Waals surface area (Å²) in [7, 11) is 1.81. The minimum absolute atomic E-state index is 0. The molecule has 2 aliphatic rings. The first-order chi connectivity index (χ1) is 11.6. The lowest BCUT2D eigenvalue weighted by atomic mass is 9.92. The van der Waals surface area contributed by atoms with Crippen LogP contribution in [0.5, 0.6) is 0 Å². The molecule has 6 heteroatoms. The number of nitrogens with one attached hydrogen (secondary N) is 1. The summed E-state index contributed by atoms with van der Waals surface area (Å²) in [5.74, 6) is 0.0605. The number of piperidine rings is 1. The van der Waals surface area contributed by atoms with Crippen molar-refractivity contribution in [3.05, 3.63) is 35.4 Å². The number of hydrogen-bond acceptors (Lipinski definition) is 3. The Balaban J connectivity index is 0.00000225. The van der Waals surface area contributed by atoms with E-state index in [2.05, 4.69) is 36.5 Å². The summed E-state index contributed by atoms with van der Waals surface area (Å²) < 4.78 is 0. The van der Waals surface area contributed by atoms with Crippen molar-refractivity contribution in [2.24, 2.45) is 5.92 Å². The number of carbonyl (C=O) groups excluding carboxylic acids is 2. The zero-order chi connectivity index (χ0) is 17.1. The second-order valence-electron chi connectivity index (χ2n) is 6.85. The summed E-state index contributed by atoms with van der Waals surface area (Å²) in [6.45, 7) is 5.12. The van der Waals surface area contributed by atoms with Crippen molar-refractivity contribution in [2.45, 2.75) is 32.2 Å². The molecule has 1 aromatic rings. The normalized spacial score (nSPS) is 24.0. The van der Waals surface area contributed by atoms with Gasteiger partial charge in [0.1, 0.15) is 0 Å². The lowest BCUT2D eigenvalue weighted by molar-refractivity contribution is -0.146. The van der Waals surface area contributed by atoms with E-state index in [4.69, 9.17) is 0 Å². The maximum absolute atomic E-state index is 13.0. The van der Waals surface area contributed by atoms with Gasteiger partial charge >= 0.3 is 0 Å². The van der Waals surface area contributed by atoms with Gasteiger partial charge in [-0.1, -0.05) is 31.2 Å². The molecular formula is C19H28ClN3O2. The van der Waals surface area contributed by atoms with Gasteiger partial charge in [0.2, 0.25) is 11.8 Å². The van der Waals surface area contributed by atoms with Crippen molar-refractivity contribution in [2.75, 3.05) is 33.2 Å². The molecule has 5 nitrogen and oxygen atoms in total. The molecule has 138 valence electrons. The monoisotopic (exact) mass is 365 g/mol. The van der Waals surface area contributed by atoms with E-state index in [0.717, 1.165) is 25.9 Å². The number of amides is 2. The highest BCUT2D eigenvalue weighted by atomic mass is 35.5. The van der Waals surface area contributed by atoms with Crippen LogP contribution in [-0.4, -0.2) is 54.8 Å². The van der Waals surface area contributed by atoms with E-state index in [-0.39, 0.29) is 36.2 Å². The largest absolute Gasteiger partial charge is 0.346 e. The van der Waals surface area contributed by atoms with Gasteiger partial charge < -0.3 is 15.1 Å². The average Bonchev–Trinajstić information content (AvgIpc) is 2.63. The van der Waals surface area contributed by atoms with E-state index in [1.807, 2.05) is 11.9 Å². The third-order valence-electron chi connectivity index (χ3n) is 5.31. The molecule has 0 aromatic heterocycles. The first kappa shape index (κ1) is 19.7. The van der Waals surface area contributed by atoms with Crippen LogP contribution < -0.4 is 5.32 Å². The lowest BCUT2D eigenvalue weighted by Gasteiger charge is -2.40. The molecule has 0 spiro atoms. The van der Waals surface area contributed by atoms with E-state index >= 15 is 0 Å². The molecule has 2 fully saturated rings. The smallest absolute Gasteiger partial charge is 0.226 e. The van der Waals surface area contributed by atoms with Gasteiger partial charge in [-0.25, -0.2) is 0 Å². The number of likely N-dealkylation sites (tertiary alicyclic amines) is 1. The second-order valence-corrected chi connectivity index (χ2v) is 6.85. The molecule has 0 bridgehead atoms. The number of nitrogens with zero attached hydrogens (tertiary/aromatic N) is 2. The number of aryl methyl sites for hydroxylation is 1. The van der Waals surface area contributed by atoms with Gasteiger partial charge in [-0.15, -0.1) is 12.4 Å². The molecule has 0 radical (unpaired) electrons. The summed E-state index contributed by atoms with van der Waals surface area (Å²) in [5.41, 5.74) is 2.48. The maximum atomic E-state index is 13.0. The van der Waals surface area contributed by atoms with E-state index < -0.39 is 0 Å². The Kier molecular flexibility index (Phi) is 6.85. The molecular weight excluding hydrogens is 338 g/mol. The zero-order valence-corrected chi connectivity index (χ0v) is 15.8. The molecule has 2 aliphatic heterocycles. The molecule has 1 aromatic carbocycles. The molecule has 25 heavy (non-hydrogen) atoms. The van der Waals surface area contributed by atoms with Crippen LogP contribution in [0.3, 0.4) is 0 Å². The number of rotatable bonds is 3. The Hall–Kier alpha value is -1.59. The minimum atomic E-state index is -0.163. The predicted molar refractivity (Wildman–Crippen MR) is 101 cm³/mol. The van der Waals surface area contributed by atoms with Gasteiger partial charge in [0.05, 0.1) is 6.04 Å². The molecule has 2 amide bonds. The molecule has 0 aliphatic carbocycles. The van der Waals surface area contributed by atoms with Gasteiger partial charge in [-0.05, 0) is 24.0 Å². The van der Waals surface area contributed by atoms with Gasteiger partial charge in [-0.3, -0.25) is 9.59 Å². The van der Waals surface area contributed by atoms with Crippen molar-refractivity contribution in [3.8, 4) is 0 Å². The Labute approximate surface area is 156 Å². The van der Waals surface area contributed by atoms with Gasteiger partial charge in [-0.2, -0.15) is 0 Å². The molecule has 2 heterocycles. The topological polar surface area (TPSA) is 52.7 Å². The maximum Gasteiger partial charge on any atom is 0.226 e. The first-order valence-electron chi connectivity index (χ1n) is 8.94.